The summed E-state index contributed by atoms with van der Waals surface area (Å²) in [4.78, 5) is 27.2. The van der Waals surface area contributed by atoms with Crippen LogP contribution in [0.25, 0.3) is 0 Å². The van der Waals surface area contributed by atoms with E-state index in [1.165, 1.54) is 28.0 Å². The van der Waals surface area contributed by atoms with Crippen molar-refractivity contribution < 1.29 is 14.4 Å². The first-order valence-electron chi connectivity index (χ1n) is 4.60. The number of nitriles is 1. The summed E-state index contributed by atoms with van der Waals surface area (Å²) in [7, 11) is 2.78. The third-order valence-electron chi connectivity index (χ3n) is 2.26. The minimum Gasteiger partial charge on any atom is -0.300 e. The summed E-state index contributed by atoms with van der Waals surface area (Å²) in [6.45, 7) is 2.94. The Morgan fingerprint density at radius 3 is 2.40 bits per heavy atom. The summed E-state index contributed by atoms with van der Waals surface area (Å²) in [5.41, 5.74) is -1.20. The molecule has 84 valence electrons. The van der Waals surface area contributed by atoms with Gasteiger partial charge in [0, 0.05) is 13.5 Å². The van der Waals surface area contributed by atoms with E-state index in [1.54, 1.807) is 0 Å². The van der Waals surface area contributed by atoms with E-state index in [4.69, 9.17) is 10.1 Å². The lowest BCUT2D eigenvalue weighted by molar-refractivity contribution is -0.176. The second kappa shape index (κ2) is 5.47. The molecule has 0 aliphatic heterocycles. The van der Waals surface area contributed by atoms with Crippen LogP contribution in [0.4, 0.5) is 0 Å². The van der Waals surface area contributed by atoms with Crippen molar-refractivity contribution in [2.24, 2.45) is 5.41 Å². The molecule has 0 spiro atoms. The normalized spacial score (nSPS) is 13.8. The van der Waals surface area contributed by atoms with Gasteiger partial charge in [0.1, 0.15) is 11.2 Å². The van der Waals surface area contributed by atoms with E-state index in [2.05, 4.69) is 0 Å². The molecule has 0 saturated carbocycles. The maximum Gasteiger partial charge on any atom is 0.266 e. The van der Waals surface area contributed by atoms with Gasteiger partial charge in [0.05, 0.1) is 13.2 Å². The zero-order chi connectivity index (χ0) is 12.1. The van der Waals surface area contributed by atoms with Gasteiger partial charge in [-0.1, -0.05) is 0 Å². The van der Waals surface area contributed by atoms with E-state index in [9.17, 15) is 9.59 Å². The van der Waals surface area contributed by atoms with E-state index in [0.717, 1.165) is 5.06 Å². The third-order valence-corrected chi connectivity index (χ3v) is 2.26. The molecule has 0 aliphatic rings. The average Bonchev–Trinajstić information content (AvgIpc) is 2.23. The molecule has 0 radical (unpaired) electrons. The Hall–Kier alpha value is -1.41. The highest BCUT2D eigenvalue weighted by molar-refractivity contribution is 5.85. The standard InChI is InChI=1S/C10H16N2O3/c1-8(13)5-6-10(2,7-11)9(14)12(3)15-4/h5-6H2,1-4H3. The lowest BCUT2D eigenvalue weighted by Gasteiger charge is -2.24. The lowest BCUT2D eigenvalue weighted by Crippen LogP contribution is -2.39. The SMILES string of the molecule is CON(C)C(=O)C(C)(C#N)CCC(C)=O. The molecular weight excluding hydrogens is 196 g/mol. The Kier molecular flexibility index (Phi) is 4.95. The predicted octanol–water partition coefficient (Wildman–Crippen LogP) is 0.905. The number of hydrogen-bond donors (Lipinski definition) is 0. The number of carbonyl (C=O) groups is 2. The van der Waals surface area contributed by atoms with Crippen molar-refractivity contribution in [3.63, 3.8) is 0 Å². The quantitative estimate of drug-likeness (QED) is 0.635. The third kappa shape index (κ3) is 3.68. The fraction of sp³-hybridized carbons (Fsp3) is 0.700. The molecule has 0 saturated heterocycles. The van der Waals surface area contributed by atoms with E-state index < -0.39 is 11.3 Å². The van der Waals surface area contributed by atoms with Crippen molar-refractivity contribution in [2.45, 2.75) is 26.7 Å². The van der Waals surface area contributed by atoms with Crippen LogP contribution in [0.1, 0.15) is 26.7 Å². The van der Waals surface area contributed by atoms with Crippen LogP contribution in [-0.2, 0) is 14.4 Å². The first kappa shape index (κ1) is 13.6. The van der Waals surface area contributed by atoms with Crippen LogP contribution in [0, 0.1) is 16.7 Å². The van der Waals surface area contributed by atoms with E-state index in [-0.39, 0.29) is 18.6 Å². The molecule has 0 N–H and O–H groups in total. The van der Waals surface area contributed by atoms with Crippen LogP contribution >= 0.6 is 0 Å². The first-order chi connectivity index (χ1) is 6.87. The van der Waals surface area contributed by atoms with Gasteiger partial charge in [-0.3, -0.25) is 9.63 Å². The molecule has 0 aromatic rings. The Labute approximate surface area is 89.6 Å². The average molecular weight is 212 g/mol. The number of carbonyl (C=O) groups excluding carboxylic acids is 2. The molecule has 0 bridgehead atoms. The van der Waals surface area contributed by atoms with Crippen molar-refractivity contribution in [1.82, 2.24) is 5.06 Å². The highest BCUT2D eigenvalue weighted by Crippen LogP contribution is 2.24. The smallest absolute Gasteiger partial charge is 0.266 e. The van der Waals surface area contributed by atoms with E-state index >= 15 is 0 Å². The van der Waals surface area contributed by atoms with Gasteiger partial charge in [-0.2, -0.15) is 5.26 Å². The van der Waals surface area contributed by atoms with E-state index in [0.29, 0.717) is 0 Å². The van der Waals surface area contributed by atoms with Crippen LogP contribution in [0.2, 0.25) is 0 Å². The van der Waals surface area contributed by atoms with Crippen LogP contribution in [0.15, 0.2) is 0 Å². The molecular formula is C10H16N2O3. The number of rotatable bonds is 5. The first-order valence-corrected chi connectivity index (χ1v) is 4.60. The molecule has 0 aliphatic carbocycles. The van der Waals surface area contributed by atoms with Gasteiger partial charge >= 0.3 is 0 Å². The molecule has 1 amide bonds. The summed E-state index contributed by atoms with van der Waals surface area (Å²) in [6.07, 6.45) is 0.429. The minimum atomic E-state index is -1.20. The number of hydroxylamine groups is 2. The Morgan fingerprint density at radius 2 is 2.07 bits per heavy atom. The van der Waals surface area contributed by atoms with Gasteiger partial charge < -0.3 is 4.79 Å². The topological polar surface area (TPSA) is 70.4 Å². The molecule has 0 aromatic heterocycles. The van der Waals surface area contributed by atoms with Crippen molar-refractivity contribution in [3.8, 4) is 6.07 Å². The molecule has 1 unspecified atom stereocenters. The Bertz CT molecular complexity index is 296. The summed E-state index contributed by atoms with van der Waals surface area (Å²) in [6, 6.07) is 1.93. The van der Waals surface area contributed by atoms with Gasteiger partial charge in [0.15, 0.2) is 0 Å². The maximum atomic E-state index is 11.7. The van der Waals surface area contributed by atoms with Crippen molar-refractivity contribution in [1.29, 1.82) is 5.26 Å². The fourth-order valence-electron chi connectivity index (χ4n) is 1.07. The Morgan fingerprint density at radius 1 is 1.53 bits per heavy atom. The maximum absolute atomic E-state index is 11.7. The number of nitrogens with zero attached hydrogens (tertiary/aromatic N) is 2. The van der Waals surface area contributed by atoms with Gasteiger partial charge in [-0.25, -0.2) is 5.06 Å². The zero-order valence-corrected chi connectivity index (χ0v) is 9.53. The summed E-state index contributed by atoms with van der Waals surface area (Å²) in [5, 5.41) is 9.95. The molecule has 5 nitrogen and oxygen atoms in total. The van der Waals surface area contributed by atoms with Crippen molar-refractivity contribution in [3.05, 3.63) is 0 Å². The summed E-state index contributed by atoms with van der Waals surface area (Å²) < 4.78 is 0. The molecule has 15 heavy (non-hydrogen) atoms. The second-order valence-corrected chi connectivity index (χ2v) is 3.63. The monoisotopic (exact) mass is 212 g/mol. The van der Waals surface area contributed by atoms with Crippen LogP contribution < -0.4 is 0 Å². The largest absolute Gasteiger partial charge is 0.300 e. The van der Waals surface area contributed by atoms with Crippen molar-refractivity contribution >= 4 is 11.7 Å². The predicted molar refractivity (Wildman–Crippen MR) is 53.4 cm³/mol. The summed E-state index contributed by atoms with van der Waals surface area (Å²) in [5.74, 6) is -0.474. The molecule has 0 aromatic carbocycles. The lowest BCUT2D eigenvalue weighted by atomic mass is 9.85. The van der Waals surface area contributed by atoms with E-state index in [1.807, 2.05) is 6.07 Å². The highest BCUT2D eigenvalue weighted by Gasteiger charge is 2.36. The number of hydrogen-bond acceptors (Lipinski definition) is 4. The number of Topliss-reactive ketones (excluding diaryl/α,β-unsaturated/α-hetero) is 1. The van der Waals surface area contributed by atoms with Gasteiger partial charge in [-0.15, -0.1) is 0 Å². The van der Waals surface area contributed by atoms with Crippen LogP contribution in [-0.4, -0.2) is 30.9 Å². The highest BCUT2D eigenvalue weighted by atomic mass is 16.7. The van der Waals surface area contributed by atoms with Crippen molar-refractivity contribution in [2.75, 3.05) is 14.2 Å². The molecule has 0 fully saturated rings. The molecule has 0 rings (SSSR count). The molecule has 1 atom stereocenters. The number of amides is 1. The second-order valence-electron chi connectivity index (χ2n) is 3.63. The Balaban J connectivity index is 4.64. The zero-order valence-electron chi connectivity index (χ0n) is 9.53. The molecule has 5 heteroatoms. The summed E-state index contributed by atoms with van der Waals surface area (Å²) >= 11 is 0. The van der Waals surface area contributed by atoms with Crippen LogP contribution in [0.5, 0.6) is 0 Å². The fourth-order valence-corrected chi connectivity index (χ4v) is 1.07. The minimum absolute atomic E-state index is 0.0376. The van der Waals surface area contributed by atoms with Gasteiger partial charge in [0.2, 0.25) is 0 Å². The number of ketones is 1. The molecule has 0 heterocycles. The van der Waals surface area contributed by atoms with Gasteiger partial charge in [0.25, 0.3) is 5.91 Å². The van der Waals surface area contributed by atoms with Gasteiger partial charge in [-0.05, 0) is 20.3 Å². The van der Waals surface area contributed by atoms with Crippen LogP contribution in [0.3, 0.4) is 0 Å².